The summed E-state index contributed by atoms with van der Waals surface area (Å²) in [5.74, 6) is -9.98. The van der Waals surface area contributed by atoms with E-state index in [0.717, 1.165) is 63.4 Å². The number of fused-ring (bicyclic) bond motifs is 3. The van der Waals surface area contributed by atoms with Gasteiger partial charge < -0.3 is 69.7 Å². The van der Waals surface area contributed by atoms with Crippen LogP contribution in [0.5, 0.6) is 0 Å². The fourth-order valence-electron chi connectivity index (χ4n) is 9.81. The molecule has 27 heteroatoms. The Balaban J connectivity index is 1.46. The minimum atomic E-state index is -1.77. The normalized spacial score (nSPS) is 20.0. The number of aliphatic carboxylic acids is 1. The lowest BCUT2D eigenvalue weighted by molar-refractivity contribution is -0.160. The second-order valence-electron chi connectivity index (χ2n) is 22.8. The third-order valence-electron chi connectivity index (χ3n) is 14.4. The van der Waals surface area contributed by atoms with Gasteiger partial charge in [0.15, 0.2) is 6.04 Å². The lowest BCUT2D eigenvalue weighted by Crippen LogP contribution is -2.60. The molecule has 3 aromatic rings. The Bertz CT molecular complexity index is 2940. The molecule has 5 rings (SSSR count). The van der Waals surface area contributed by atoms with E-state index < -0.39 is 145 Å². The van der Waals surface area contributed by atoms with E-state index in [-0.39, 0.29) is 30.6 Å². The van der Waals surface area contributed by atoms with Crippen molar-refractivity contribution >= 4 is 87.3 Å². The monoisotopic (exact) mass is 1250 g/mol. The van der Waals surface area contributed by atoms with Crippen molar-refractivity contribution in [2.24, 2.45) is 11.8 Å². The number of benzene rings is 3. The number of ether oxygens (including phenoxy) is 5. The minimum Gasteiger partial charge on any atom is -0.480 e. The molecule has 25 nitrogen and oxygen atoms in total. The van der Waals surface area contributed by atoms with Crippen LogP contribution >= 0.6 is 21.6 Å². The quantitative estimate of drug-likeness (QED) is 0.0689. The molecule has 0 aromatic heterocycles. The highest BCUT2D eigenvalue weighted by molar-refractivity contribution is 8.76. The number of carboxylic acid groups (broad SMARTS) is 1. The van der Waals surface area contributed by atoms with Crippen LogP contribution in [0.1, 0.15) is 84.9 Å². The van der Waals surface area contributed by atoms with Gasteiger partial charge in [0.25, 0.3) is 0 Å². The maximum Gasteiger partial charge on any atom is 0.408 e. The van der Waals surface area contributed by atoms with Crippen molar-refractivity contribution in [3.8, 4) is 11.1 Å². The molecule has 0 saturated carbocycles. The summed E-state index contributed by atoms with van der Waals surface area (Å²) in [6, 6.07) is 12.1. The van der Waals surface area contributed by atoms with E-state index in [1.165, 1.54) is 42.0 Å². The van der Waals surface area contributed by atoms with Crippen LogP contribution in [0.3, 0.4) is 0 Å². The summed E-state index contributed by atoms with van der Waals surface area (Å²) in [5.41, 5.74) is 3.45. The highest BCUT2D eigenvalue weighted by atomic mass is 33.1. The van der Waals surface area contributed by atoms with Gasteiger partial charge in [0.2, 0.25) is 29.5 Å². The molecular formula is C60H80N8O17S2. The molecule has 8 amide bonds. The number of nitrogens with zero attached hydrogens (tertiary/aromatic N) is 4. The Kier molecular flexibility index (Phi) is 25.3. The predicted molar refractivity (Wildman–Crippen MR) is 322 cm³/mol. The number of carbonyl (C=O) groups excluding carboxylic acids is 10. The van der Waals surface area contributed by atoms with E-state index >= 15 is 0 Å². The van der Waals surface area contributed by atoms with E-state index in [1.807, 2.05) is 48.5 Å². The largest absolute Gasteiger partial charge is 0.480 e. The summed E-state index contributed by atoms with van der Waals surface area (Å²) in [5, 5.41) is 19.6. The smallest absolute Gasteiger partial charge is 0.408 e. The van der Waals surface area contributed by atoms with Crippen LogP contribution in [-0.4, -0.2) is 204 Å². The summed E-state index contributed by atoms with van der Waals surface area (Å²) in [7, 11) is 7.23. The third kappa shape index (κ3) is 19.0. The fourth-order valence-corrected chi connectivity index (χ4v) is 12.3. The standard InChI is InChI=1S/C60H80N8O17S2/c1-33(2)47-55(76)81-29-43(63-57(78)84-28-42-40-25-19-17-23-38(40)39-24-18-20-26-41(39)42)49(69)61-35(5)50(70)65(10)45(31-86-87-32-46(53(73)67(47)12)66(11)51(71)36(6)62-59(80)85-60(7,8)9)52(72)68(13)48(34(3)4)56(77)82-30-44(54(74)75)64-58(79)83-27-37-21-15-14-16-22-37/h14-26,33-36,42-48H,27-32H2,1-13H3,(H,61,69)(H,62,80)(H,63,78)(H,64,79)(H,74,75)/t35-,36-,43+,44+,45-,46-,47-,48-/m0/s1. The van der Waals surface area contributed by atoms with E-state index in [0.29, 0.717) is 5.56 Å². The molecule has 87 heavy (non-hydrogen) atoms. The summed E-state index contributed by atoms with van der Waals surface area (Å²) in [4.78, 5) is 157. The average molecular weight is 1250 g/mol. The summed E-state index contributed by atoms with van der Waals surface area (Å²) >= 11 is 0. The Morgan fingerprint density at radius 3 is 1.92 bits per heavy atom. The molecule has 1 aliphatic heterocycles. The number of hydrogen-bond donors (Lipinski definition) is 5. The minimum absolute atomic E-state index is 0.161. The topological polar surface area (TPSA) is 315 Å². The van der Waals surface area contributed by atoms with Gasteiger partial charge in [-0.2, -0.15) is 0 Å². The second kappa shape index (κ2) is 31.5. The summed E-state index contributed by atoms with van der Waals surface area (Å²) < 4.78 is 27.5. The van der Waals surface area contributed by atoms with Gasteiger partial charge in [-0.15, -0.1) is 0 Å². The number of likely N-dealkylation sites (N-methyl/N-ethyl adjacent to an activating group) is 4. The van der Waals surface area contributed by atoms with Gasteiger partial charge in [-0.05, 0) is 74.3 Å². The molecule has 1 heterocycles. The Labute approximate surface area is 514 Å². The number of esters is 2. The van der Waals surface area contributed by atoms with Crippen LogP contribution in [0.2, 0.25) is 0 Å². The molecule has 1 aliphatic carbocycles. The molecule has 3 aromatic carbocycles. The number of cyclic esters (lactones) is 1. The Hall–Kier alpha value is -8.07. The summed E-state index contributed by atoms with van der Waals surface area (Å²) in [6.45, 7) is 12.0. The number of hydrogen-bond acceptors (Lipinski definition) is 18. The van der Waals surface area contributed by atoms with Crippen molar-refractivity contribution in [1.82, 2.24) is 40.9 Å². The van der Waals surface area contributed by atoms with Gasteiger partial charge >= 0.3 is 36.2 Å². The SMILES string of the molecule is CC(C)[C@H]1C(=O)OC[C@@H](NC(=O)OCC2c3ccccc3-c3ccccc32)C(=O)N[C@@H](C)C(=O)N(C)[C@H](C(=O)N(C)[C@H](C(=O)OC[C@@H](NC(=O)OCc2ccccc2)C(=O)O)C(C)C)CSSC[C@H](N(C)C(=O)[C@H](C)NC(=O)OC(C)(C)C)C(=O)N1C. The molecule has 0 radical (unpaired) electrons. The molecule has 0 spiro atoms. The Morgan fingerprint density at radius 2 is 1.34 bits per heavy atom. The lowest BCUT2D eigenvalue weighted by atomic mass is 9.98. The van der Waals surface area contributed by atoms with Gasteiger partial charge in [-0.25, -0.2) is 28.8 Å². The number of carbonyl (C=O) groups is 11. The molecule has 2 aliphatic rings. The summed E-state index contributed by atoms with van der Waals surface area (Å²) in [6.07, 6.45) is -3.09. The molecule has 0 unspecified atom stereocenters. The highest BCUT2D eigenvalue weighted by Gasteiger charge is 2.42. The number of alkyl carbamates (subject to hydrolysis) is 3. The van der Waals surface area contributed by atoms with Gasteiger partial charge in [-0.3, -0.25) is 24.0 Å². The number of rotatable bonds is 17. The Morgan fingerprint density at radius 1 is 0.759 bits per heavy atom. The lowest BCUT2D eigenvalue weighted by Gasteiger charge is -2.37. The molecule has 5 N–H and O–H groups in total. The zero-order valence-electron chi connectivity index (χ0n) is 51.2. The average Bonchev–Trinajstić information content (AvgIpc) is 1.77. The van der Waals surface area contributed by atoms with E-state index in [1.54, 1.807) is 78.8 Å². The van der Waals surface area contributed by atoms with E-state index in [4.69, 9.17) is 23.7 Å². The second-order valence-corrected chi connectivity index (χ2v) is 25.3. The van der Waals surface area contributed by atoms with E-state index in [2.05, 4.69) is 21.3 Å². The van der Waals surface area contributed by atoms with Crippen molar-refractivity contribution in [3.05, 3.63) is 95.6 Å². The number of nitrogens with one attached hydrogen (secondary N) is 4. The van der Waals surface area contributed by atoms with Crippen molar-refractivity contribution in [2.75, 3.05) is 59.5 Å². The first kappa shape index (κ1) is 69.7. The van der Waals surface area contributed by atoms with Gasteiger partial charge in [0.1, 0.15) is 74.3 Å². The van der Waals surface area contributed by atoms with Crippen molar-refractivity contribution < 1.29 is 81.5 Å². The van der Waals surface area contributed by atoms with Crippen LogP contribution in [0.25, 0.3) is 11.1 Å². The number of carboxylic acids is 1. The molecule has 1 fully saturated rings. The van der Waals surface area contributed by atoms with Crippen LogP contribution in [0.4, 0.5) is 14.4 Å². The zero-order chi connectivity index (χ0) is 64.6. The van der Waals surface area contributed by atoms with Crippen LogP contribution in [0.15, 0.2) is 78.9 Å². The van der Waals surface area contributed by atoms with Gasteiger partial charge in [-0.1, -0.05) is 128 Å². The van der Waals surface area contributed by atoms with Gasteiger partial charge in [0.05, 0.1) is 0 Å². The molecule has 474 valence electrons. The van der Waals surface area contributed by atoms with Crippen molar-refractivity contribution in [1.29, 1.82) is 0 Å². The highest BCUT2D eigenvalue weighted by Crippen LogP contribution is 2.44. The first-order chi connectivity index (χ1) is 40.9. The van der Waals surface area contributed by atoms with Crippen LogP contribution < -0.4 is 21.3 Å². The molecular weight excluding hydrogens is 1170 g/mol. The maximum atomic E-state index is 15.0. The fraction of sp³-hybridized carbons (Fsp3) is 0.517. The molecule has 0 bridgehead atoms. The van der Waals surface area contributed by atoms with Crippen molar-refractivity contribution in [2.45, 2.75) is 129 Å². The molecule has 1 saturated heterocycles. The van der Waals surface area contributed by atoms with Crippen LogP contribution in [-0.2, 0) is 68.6 Å². The third-order valence-corrected chi connectivity index (χ3v) is 16.8. The predicted octanol–water partition coefficient (Wildman–Crippen LogP) is 4.79. The first-order valence-electron chi connectivity index (χ1n) is 28.2. The zero-order valence-corrected chi connectivity index (χ0v) is 52.8. The van der Waals surface area contributed by atoms with Gasteiger partial charge in [0, 0.05) is 45.6 Å². The molecule has 8 atom stereocenters. The first-order valence-corrected chi connectivity index (χ1v) is 30.7. The van der Waals surface area contributed by atoms with E-state index in [9.17, 15) is 57.8 Å². The number of amides is 8. The maximum absolute atomic E-state index is 15.0. The van der Waals surface area contributed by atoms with Crippen LogP contribution in [0, 0.1) is 11.8 Å². The van der Waals surface area contributed by atoms with Crippen molar-refractivity contribution in [3.63, 3.8) is 0 Å².